The summed E-state index contributed by atoms with van der Waals surface area (Å²) >= 11 is 0. The van der Waals surface area contributed by atoms with Gasteiger partial charge in [-0.1, -0.05) is 0 Å². The van der Waals surface area contributed by atoms with Gasteiger partial charge in [0, 0.05) is 5.56 Å². The number of carbonyl (C=O) groups is 2. The van der Waals surface area contributed by atoms with Crippen molar-refractivity contribution in [1.29, 1.82) is 5.26 Å². The molecule has 0 aliphatic heterocycles. The van der Waals surface area contributed by atoms with Crippen LogP contribution in [0.2, 0.25) is 0 Å². The van der Waals surface area contributed by atoms with Crippen molar-refractivity contribution in [2.24, 2.45) is 0 Å². The average Bonchev–Trinajstić information content (AvgIpc) is 2.16. The quantitative estimate of drug-likeness (QED) is 0.713. The summed E-state index contributed by atoms with van der Waals surface area (Å²) in [5, 5.41) is 17.5. The Hall–Kier alpha value is -2.15. The van der Waals surface area contributed by atoms with E-state index in [1.54, 1.807) is 13.0 Å². The zero-order chi connectivity index (χ0) is 10.7. The number of carbonyl (C=O) groups excluding carboxylic acids is 1. The molecule has 0 amide bonds. The van der Waals surface area contributed by atoms with Gasteiger partial charge >= 0.3 is 5.97 Å². The molecule has 0 fully saturated rings. The third-order valence-electron chi connectivity index (χ3n) is 1.78. The van der Waals surface area contributed by atoms with Gasteiger partial charge in [-0.25, -0.2) is 4.79 Å². The molecule has 1 N–H and O–H groups in total. The van der Waals surface area contributed by atoms with Gasteiger partial charge in [0.1, 0.15) is 6.07 Å². The molecular weight excluding hydrogens is 182 g/mol. The number of aldehydes is 1. The molecular formula is C10H7NO3. The Morgan fingerprint density at radius 1 is 1.57 bits per heavy atom. The molecule has 14 heavy (non-hydrogen) atoms. The van der Waals surface area contributed by atoms with E-state index in [1.807, 2.05) is 0 Å². The highest BCUT2D eigenvalue weighted by atomic mass is 16.4. The number of rotatable bonds is 2. The highest BCUT2D eigenvalue weighted by Gasteiger charge is 2.14. The highest BCUT2D eigenvalue weighted by molar-refractivity contribution is 5.95. The fourth-order valence-electron chi connectivity index (χ4n) is 1.20. The van der Waals surface area contributed by atoms with E-state index in [-0.39, 0.29) is 16.7 Å². The molecule has 0 spiro atoms. The van der Waals surface area contributed by atoms with E-state index in [4.69, 9.17) is 10.4 Å². The lowest BCUT2D eigenvalue weighted by Gasteiger charge is -2.02. The van der Waals surface area contributed by atoms with E-state index >= 15 is 0 Å². The summed E-state index contributed by atoms with van der Waals surface area (Å²) in [5.74, 6) is -1.20. The van der Waals surface area contributed by atoms with E-state index in [2.05, 4.69) is 0 Å². The number of aromatic carboxylic acids is 1. The van der Waals surface area contributed by atoms with Crippen LogP contribution in [0.15, 0.2) is 12.1 Å². The van der Waals surface area contributed by atoms with Crippen LogP contribution < -0.4 is 0 Å². The fraction of sp³-hybridized carbons (Fsp3) is 0.100. The minimum Gasteiger partial charge on any atom is -0.478 e. The monoisotopic (exact) mass is 189 g/mol. The highest BCUT2D eigenvalue weighted by Crippen LogP contribution is 2.15. The molecule has 0 aliphatic carbocycles. The normalized spacial score (nSPS) is 9.14. The van der Waals surface area contributed by atoms with Gasteiger partial charge < -0.3 is 5.11 Å². The second kappa shape index (κ2) is 3.71. The van der Waals surface area contributed by atoms with Crippen LogP contribution in [0.1, 0.15) is 31.8 Å². The fourth-order valence-corrected chi connectivity index (χ4v) is 1.20. The Morgan fingerprint density at radius 3 is 2.64 bits per heavy atom. The minimum absolute atomic E-state index is 0.0851. The van der Waals surface area contributed by atoms with Gasteiger partial charge in [-0.15, -0.1) is 0 Å². The van der Waals surface area contributed by atoms with Crippen LogP contribution in [-0.4, -0.2) is 17.4 Å². The molecule has 0 unspecified atom stereocenters. The number of nitriles is 1. The second-order valence-electron chi connectivity index (χ2n) is 2.81. The Labute approximate surface area is 80.4 Å². The maximum Gasteiger partial charge on any atom is 0.337 e. The topological polar surface area (TPSA) is 78.2 Å². The summed E-state index contributed by atoms with van der Waals surface area (Å²) in [6.45, 7) is 1.67. The molecule has 0 aromatic heterocycles. The molecule has 1 rings (SSSR count). The average molecular weight is 189 g/mol. The van der Waals surface area contributed by atoms with Crippen molar-refractivity contribution in [3.05, 3.63) is 34.4 Å². The molecule has 0 aliphatic rings. The third-order valence-corrected chi connectivity index (χ3v) is 1.78. The van der Waals surface area contributed by atoms with E-state index in [0.29, 0.717) is 11.8 Å². The van der Waals surface area contributed by atoms with Gasteiger partial charge in [0.05, 0.1) is 11.1 Å². The minimum atomic E-state index is -1.20. The smallest absolute Gasteiger partial charge is 0.337 e. The molecule has 0 bridgehead atoms. The van der Waals surface area contributed by atoms with Crippen LogP contribution in [0, 0.1) is 18.3 Å². The van der Waals surface area contributed by atoms with Gasteiger partial charge in [-0.2, -0.15) is 5.26 Å². The van der Waals surface area contributed by atoms with Crippen molar-refractivity contribution in [1.82, 2.24) is 0 Å². The summed E-state index contributed by atoms with van der Waals surface area (Å²) in [6, 6.07) is 4.56. The molecule has 0 saturated heterocycles. The maximum absolute atomic E-state index is 10.7. The largest absolute Gasteiger partial charge is 0.478 e. The first kappa shape index (κ1) is 9.93. The van der Waals surface area contributed by atoms with Crippen molar-refractivity contribution in [3.63, 3.8) is 0 Å². The predicted molar refractivity (Wildman–Crippen MR) is 48.2 cm³/mol. The van der Waals surface area contributed by atoms with Crippen LogP contribution in [0.3, 0.4) is 0 Å². The van der Waals surface area contributed by atoms with Crippen LogP contribution >= 0.6 is 0 Å². The summed E-state index contributed by atoms with van der Waals surface area (Å²) in [6.07, 6.45) is 0.484. The molecule has 4 nitrogen and oxygen atoms in total. The van der Waals surface area contributed by atoms with Crippen LogP contribution in [0.4, 0.5) is 0 Å². The van der Waals surface area contributed by atoms with E-state index in [1.165, 1.54) is 12.1 Å². The maximum atomic E-state index is 10.7. The zero-order valence-electron chi connectivity index (χ0n) is 7.44. The number of carboxylic acid groups (broad SMARTS) is 1. The van der Waals surface area contributed by atoms with Gasteiger partial charge in [0.2, 0.25) is 0 Å². The van der Waals surface area contributed by atoms with Crippen molar-refractivity contribution in [2.45, 2.75) is 6.92 Å². The Morgan fingerprint density at radius 2 is 2.21 bits per heavy atom. The molecule has 0 atom stereocenters. The molecule has 70 valence electrons. The molecule has 4 heteroatoms. The Balaban J connectivity index is 3.57. The standard InChI is InChI=1S/C10H7NO3/c1-6-2-7(5-12)9(4-11)8(3-6)10(13)14/h2-3,5H,1H3,(H,13,14). The SMILES string of the molecule is Cc1cc(C=O)c(C#N)c(C(=O)O)c1. The number of hydrogen-bond donors (Lipinski definition) is 1. The summed E-state index contributed by atoms with van der Waals surface area (Å²) in [7, 11) is 0. The zero-order valence-corrected chi connectivity index (χ0v) is 7.44. The molecule has 0 heterocycles. The summed E-state index contributed by atoms with van der Waals surface area (Å²) < 4.78 is 0. The van der Waals surface area contributed by atoms with Crippen LogP contribution in [0.25, 0.3) is 0 Å². The molecule has 0 radical (unpaired) electrons. The van der Waals surface area contributed by atoms with Crippen molar-refractivity contribution < 1.29 is 14.7 Å². The molecule has 1 aromatic rings. The number of aryl methyl sites for hydroxylation is 1. The first-order chi connectivity index (χ1) is 6.60. The number of hydrogen-bond acceptors (Lipinski definition) is 3. The van der Waals surface area contributed by atoms with Gasteiger partial charge in [-0.3, -0.25) is 4.79 Å². The first-order valence-electron chi connectivity index (χ1n) is 3.83. The Kier molecular flexibility index (Phi) is 2.63. The summed E-state index contributed by atoms with van der Waals surface area (Å²) in [4.78, 5) is 21.3. The third kappa shape index (κ3) is 1.62. The number of carboxylic acids is 1. The van der Waals surface area contributed by atoms with Crippen molar-refractivity contribution in [3.8, 4) is 6.07 Å². The van der Waals surface area contributed by atoms with Gasteiger partial charge in [-0.05, 0) is 24.6 Å². The molecule has 0 saturated carbocycles. The van der Waals surface area contributed by atoms with E-state index in [9.17, 15) is 9.59 Å². The predicted octanol–water partition coefficient (Wildman–Crippen LogP) is 1.38. The number of benzene rings is 1. The van der Waals surface area contributed by atoms with Gasteiger partial charge in [0.15, 0.2) is 6.29 Å². The lowest BCUT2D eigenvalue weighted by atomic mass is 10.00. The molecule has 1 aromatic carbocycles. The van der Waals surface area contributed by atoms with Crippen molar-refractivity contribution in [2.75, 3.05) is 0 Å². The first-order valence-corrected chi connectivity index (χ1v) is 3.83. The second-order valence-corrected chi connectivity index (χ2v) is 2.81. The van der Waals surface area contributed by atoms with Crippen molar-refractivity contribution >= 4 is 12.3 Å². The van der Waals surface area contributed by atoms with Gasteiger partial charge in [0.25, 0.3) is 0 Å². The lowest BCUT2D eigenvalue weighted by Crippen LogP contribution is -2.04. The number of nitrogens with zero attached hydrogens (tertiary/aromatic N) is 1. The van der Waals surface area contributed by atoms with Crippen LogP contribution in [-0.2, 0) is 0 Å². The summed E-state index contributed by atoms with van der Waals surface area (Å²) in [5.41, 5.74) is 0.543. The van der Waals surface area contributed by atoms with E-state index in [0.717, 1.165) is 0 Å². The Bertz CT molecular complexity index is 443. The van der Waals surface area contributed by atoms with Crippen LogP contribution in [0.5, 0.6) is 0 Å². The lowest BCUT2D eigenvalue weighted by molar-refractivity contribution is 0.0696. The van der Waals surface area contributed by atoms with E-state index < -0.39 is 5.97 Å².